The standard InChI is InChI=1S/C94H161NO18/c1-3-5-7-9-11-13-15-17-19-21-23-25-27-29-31-32-33-34-35-36-37-38-39-40-41-42-43-44-46-48-50-52-54-56-58-60-62-64-66-68-70-72-82(100)95-77(78(99)71-69-67-65-63-61-59-57-55-53-51-49-47-45-30-28-26-24-22-20-18-16-14-12-10-8-6-4-2)76-108-92-88(106)85(103)90(80(74-97)110-92)113-94-89(107)86(104)91(81(75-98)111-94)112-93-87(105)84(102)83(101)79(73-96)109-93/h5,7,11,13,17,19,23,25,29,31,33-34,36-37,39-40,42-43,61,63,69,71,77-81,83-94,96-99,101-107H,3-4,6,8-10,12,14-16,18,20-22,24,26-28,30,32,35,38,41,44-60,62,64-68,70,72-76H2,1-2H3,(H,95,100)/b7-5-,13-11-,19-17-,25-23-,31-29-,34-33-,37-36-,40-39-,43-42-,63-61+,71-69+. The van der Waals surface area contributed by atoms with Gasteiger partial charge in [0.15, 0.2) is 18.9 Å². The summed E-state index contributed by atoms with van der Waals surface area (Å²) in [7, 11) is 0. The molecule has 0 aliphatic carbocycles. The van der Waals surface area contributed by atoms with Crippen molar-refractivity contribution in [1.29, 1.82) is 0 Å². The Morgan fingerprint density at radius 3 is 0.991 bits per heavy atom. The van der Waals surface area contributed by atoms with Crippen LogP contribution in [0.15, 0.2) is 134 Å². The van der Waals surface area contributed by atoms with Gasteiger partial charge in [0.2, 0.25) is 5.91 Å². The molecular weight excluding hydrogens is 1430 g/mol. The highest BCUT2D eigenvalue weighted by molar-refractivity contribution is 5.76. The normalized spacial score (nSPS) is 25.5. The second kappa shape index (κ2) is 72.0. The second-order valence-corrected chi connectivity index (χ2v) is 31.3. The predicted molar refractivity (Wildman–Crippen MR) is 456 cm³/mol. The van der Waals surface area contributed by atoms with Crippen molar-refractivity contribution in [1.82, 2.24) is 5.32 Å². The van der Waals surface area contributed by atoms with Gasteiger partial charge >= 0.3 is 0 Å². The molecule has 19 nitrogen and oxygen atoms in total. The molecule has 3 fully saturated rings. The van der Waals surface area contributed by atoms with Crippen molar-refractivity contribution in [3.63, 3.8) is 0 Å². The Morgan fingerprint density at radius 1 is 0.327 bits per heavy atom. The van der Waals surface area contributed by atoms with E-state index in [1.165, 1.54) is 180 Å². The summed E-state index contributed by atoms with van der Waals surface area (Å²) in [6.07, 6.45) is 77.3. The Kier molecular flexibility index (Phi) is 65.7. The number of unbranched alkanes of at least 4 members (excludes halogenated alkanes) is 35. The van der Waals surface area contributed by atoms with Crippen LogP contribution >= 0.6 is 0 Å². The van der Waals surface area contributed by atoms with Crippen LogP contribution in [0.3, 0.4) is 0 Å². The highest BCUT2D eigenvalue weighted by Crippen LogP contribution is 2.33. The number of ether oxygens (including phenoxy) is 6. The van der Waals surface area contributed by atoms with Crippen LogP contribution in [-0.2, 0) is 33.2 Å². The van der Waals surface area contributed by atoms with Gasteiger partial charge in [0.25, 0.3) is 0 Å². The number of aliphatic hydroxyl groups is 11. The molecule has 17 unspecified atom stereocenters. The summed E-state index contributed by atoms with van der Waals surface area (Å²) in [5.74, 6) is -0.288. The number of hydrogen-bond donors (Lipinski definition) is 12. The monoisotopic (exact) mass is 1590 g/mol. The lowest BCUT2D eigenvalue weighted by atomic mass is 9.96. The van der Waals surface area contributed by atoms with Crippen LogP contribution in [0.25, 0.3) is 0 Å². The van der Waals surface area contributed by atoms with E-state index in [9.17, 15) is 61.0 Å². The first-order valence-electron chi connectivity index (χ1n) is 44.9. The molecular formula is C94H161NO18. The van der Waals surface area contributed by atoms with Crippen molar-refractivity contribution in [2.75, 3.05) is 26.4 Å². The Bertz CT molecular complexity index is 2560. The number of hydrogen-bond acceptors (Lipinski definition) is 18. The summed E-state index contributed by atoms with van der Waals surface area (Å²) in [6.45, 7) is 1.63. The van der Waals surface area contributed by atoms with Crippen molar-refractivity contribution in [3.8, 4) is 0 Å². The van der Waals surface area contributed by atoms with Gasteiger partial charge in [-0.3, -0.25) is 4.79 Å². The summed E-state index contributed by atoms with van der Waals surface area (Å²) < 4.78 is 34.5. The van der Waals surface area contributed by atoms with E-state index in [2.05, 4.69) is 141 Å². The van der Waals surface area contributed by atoms with Crippen molar-refractivity contribution in [2.45, 2.75) is 426 Å². The van der Waals surface area contributed by atoms with E-state index in [0.717, 1.165) is 109 Å². The SMILES string of the molecule is CC/C=C\C/C=C\C/C=C\C/C=C\C/C=C\C/C=C\C/C=C\C/C=C\C/C=C\CCCCCCCCCCCCCCCC(=O)NC(COC1OC(CO)C(OC2OC(CO)C(OC3OC(CO)C(O)C(O)C3O)C(O)C2O)C(O)C1O)C(O)/C=C/CC/C=C/CCCCCCCCCCCCCCCCCCCCCCC. The van der Waals surface area contributed by atoms with Crippen molar-refractivity contribution >= 4 is 5.91 Å². The summed E-state index contributed by atoms with van der Waals surface area (Å²) in [5, 5.41) is 121. The van der Waals surface area contributed by atoms with Gasteiger partial charge in [-0.2, -0.15) is 0 Å². The van der Waals surface area contributed by atoms with Gasteiger partial charge in [-0.25, -0.2) is 0 Å². The molecule has 650 valence electrons. The summed E-state index contributed by atoms with van der Waals surface area (Å²) >= 11 is 0. The first-order valence-corrected chi connectivity index (χ1v) is 44.9. The number of rotatable bonds is 71. The molecule has 1 amide bonds. The van der Waals surface area contributed by atoms with Gasteiger partial charge in [-0.15, -0.1) is 0 Å². The molecule has 0 radical (unpaired) electrons. The zero-order valence-electron chi connectivity index (χ0n) is 70.1. The average Bonchev–Trinajstić information content (AvgIpc) is 0.777. The van der Waals surface area contributed by atoms with Gasteiger partial charge in [-0.05, 0) is 103 Å². The maximum absolute atomic E-state index is 13.5. The summed E-state index contributed by atoms with van der Waals surface area (Å²) in [5.41, 5.74) is 0. The van der Waals surface area contributed by atoms with E-state index >= 15 is 0 Å². The largest absolute Gasteiger partial charge is 0.394 e. The van der Waals surface area contributed by atoms with Gasteiger partial charge in [-0.1, -0.05) is 347 Å². The number of amides is 1. The molecule has 0 aromatic carbocycles. The van der Waals surface area contributed by atoms with Crippen molar-refractivity contribution in [3.05, 3.63) is 134 Å². The molecule has 17 atom stereocenters. The number of allylic oxidation sites excluding steroid dienone is 21. The van der Waals surface area contributed by atoms with Crippen molar-refractivity contribution in [2.24, 2.45) is 0 Å². The third-order valence-corrected chi connectivity index (χ3v) is 21.4. The molecule has 3 saturated heterocycles. The quantitative estimate of drug-likeness (QED) is 0.0199. The van der Waals surface area contributed by atoms with Gasteiger partial charge < -0.3 is 89.9 Å². The predicted octanol–water partition coefficient (Wildman–Crippen LogP) is 17.2. The molecule has 3 aliphatic rings. The van der Waals surface area contributed by atoms with Crippen LogP contribution in [0.2, 0.25) is 0 Å². The van der Waals surface area contributed by atoms with Gasteiger partial charge in [0.05, 0.1) is 38.6 Å². The average molecular weight is 1590 g/mol. The smallest absolute Gasteiger partial charge is 0.220 e. The van der Waals surface area contributed by atoms with E-state index in [1.807, 2.05) is 6.08 Å². The maximum Gasteiger partial charge on any atom is 0.220 e. The lowest BCUT2D eigenvalue weighted by Crippen LogP contribution is -2.66. The topological polar surface area (TPSA) is 307 Å². The van der Waals surface area contributed by atoms with Crippen LogP contribution < -0.4 is 5.32 Å². The number of carbonyl (C=O) groups is 1. The Hall–Kier alpha value is -4.07. The van der Waals surface area contributed by atoms with Crippen LogP contribution in [-0.4, -0.2) is 193 Å². The molecule has 3 heterocycles. The number of carbonyl (C=O) groups excluding carboxylic acids is 1. The molecule has 0 bridgehead atoms. The van der Waals surface area contributed by atoms with Crippen molar-refractivity contribution < 1.29 is 89.4 Å². The fourth-order valence-corrected chi connectivity index (χ4v) is 14.3. The minimum absolute atomic E-state index is 0.227. The zero-order chi connectivity index (χ0) is 81.7. The van der Waals surface area contributed by atoms with E-state index in [0.29, 0.717) is 12.8 Å². The summed E-state index contributed by atoms with van der Waals surface area (Å²) in [4.78, 5) is 13.5. The Morgan fingerprint density at radius 2 is 0.619 bits per heavy atom. The van der Waals surface area contributed by atoms with E-state index in [1.54, 1.807) is 6.08 Å². The number of aliphatic hydroxyl groups excluding tert-OH is 11. The molecule has 0 spiro atoms. The molecule has 0 aromatic heterocycles. The highest BCUT2D eigenvalue weighted by atomic mass is 16.8. The summed E-state index contributed by atoms with van der Waals surface area (Å²) in [6, 6.07) is -1.00. The Labute approximate surface area is 683 Å². The molecule has 19 heteroatoms. The molecule has 113 heavy (non-hydrogen) atoms. The van der Waals surface area contributed by atoms with E-state index in [4.69, 9.17) is 28.4 Å². The molecule has 12 N–H and O–H groups in total. The lowest BCUT2D eigenvalue weighted by molar-refractivity contribution is -0.379. The fourth-order valence-electron chi connectivity index (χ4n) is 14.3. The number of nitrogens with one attached hydrogen (secondary N) is 1. The molecule has 0 saturated carbocycles. The fraction of sp³-hybridized carbons (Fsp3) is 0.755. The second-order valence-electron chi connectivity index (χ2n) is 31.3. The first-order chi connectivity index (χ1) is 55.3. The third kappa shape index (κ3) is 50.5. The van der Waals surface area contributed by atoms with Gasteiger partial charge in [0, 0.05) is 6.42 Å². The van der Waals surface area contributed by atoms with Crippen LogP contribution in [0.1, 0.15) is 322 Å². The van der Waals surface area contributed by atoms with Gasteiger partial charge in [0.1, 0.15) is 73.2 Å². The minimum Gasteiger partial charge on any atom is -0.394 e. The molecule has 3 aliphatic heterocycles. The van der Waals surface area contributed by atoms with E-state index < -0.39 is 124 Å². The Balaban J connectivity index is 1.33. The van der Waals surface area contributed by atoms with E-state index in [-0.39, 0.29) is 18.9 Å². The zero-order valence-corrected chi connectivity index (χ0v) is 70.1. The molecule has 0 aromatic rings. The first kappa shape index (κ1) is 103. The highest BCUT2D eigenvalue weighted by Gasteiger charge is 2.54. The minimum atomic E-state index is -1.99. The van der Waals surface area contributed by atoms with Crippen LogP contribution in [0, 0.1) is 0 Å². The maximum atomic E-state index is 13.5. The lowest BCUT2D eigenvalue weighted by Gasteiger charge is -2.48. The van der Waals surface area contributed by atoms with Crippen LogP contribution in [0.5, 0.6) is 0 Å². The third-order valence-electron chi connectivity index (χ3n) is 21.4. The van der Waals surface area contributed by atoms with Crippen LogP contribution in [0.4, 0.5) is 0 Å². The molecule has 3 rings (SSSR count).